The first-order chi connectivity index (χ1) is 18.4. The maximum atomic E-state index is 13.7. The molecule has 1 amide bonds. The minimum atomic E-state index is -0.164. The van der Waals surface area contributed by atoms with E-state index in [1.54, 1.807) is 24.4 Å². The van der Waals surface area contributed by atoms with E-state index in [1.807, 2.05) is 48.2 Å². The lowest BCUT2D eigenvalue weighted by Gasteiger charge is -2.34. The summed E-state index contributed by atoms with van der Waals surface area (Å²) >= 11 is 12.1. The Hall–Kier alpha value is -3.34. The van der Waals surface area contributed by atoms with Crippen molar-refractivity contribution in [3.05, 3.63) is 82.1 Å². The number of hydrogen-bond donors (Lipinski definition) is 0. The molecule has 0 unspecified atom stereocenters. The van der Waals surface area contributed by atoms with Crippen LogP contribution >= 0.6 is 23.2 Å². The molecular formula is C29H29Cl2N5O2. The number of benzene rings is 1. The molecule has 0 spiro atoms. The highest BCUT2D eigenvalue weighted by Crippen LogP contribution is 2.38. The van der Waals surface area contributed by atoms with E-state index in [4.69, 9.17) is 33.2 Å². The minimum absolute atomic E-state index is 0.0378. The molecule has 0 bridgehead atoms. The molecule has 2 fully saturated rings. The zero-order valence-electron chi connectivity index (χ0n) is 21.1. The molecule has 0 radical (unpaired) electrons. The van der Waals surface area contributed by atoms with Crippen LogP contribution in [0, 0.1) is 23.2 Å². The number of amides is 1. The SMILES string of the molecule is C[C@H](Oc1ccc(Cl)cn1)[C@H]1CN(C(=O)C2CCN(c3cccc(C#N)n3)CC2)C[C@@H]1c1ccc(Cl)cc1. The number of carbonyl (C=O) groups excluding carboxylic acids is 1. The Bertz CT molecular complexity index is 1300. The van der Waals surface area contributed by atoms with Crippen LogP contribution < -0.4 is 9.64 Å². The van der Waals surface area contributed by atoms with Crippen molar-refractivity contribution in [1.82, 2.24) is 14.9 Å². The molecule has 2 aliphatic rings. The van der Waals surface area contributed by atoms with Crippen LogP contribution in [0.3, 0.4) is 0 Å². The van der Waals surface area contributed by atoms with Gasteiger partial charge in [-0.05, 0) is 55.7 Å². The van der Waals surface area contributed by atoms with Gasteiger partial charge < -0.3 is 14.5 Å². The highest BCUT2D eigenvalue weighted by Gasteiger charge is 2.42. The summed E-state index contributed by atoms with van der Waals surface area (Å²) in [5.41, 5.74) is 1.55. The zero-order valence-corrected chi connectivity index (χ0v) is 22.6. The predicted molar refractivity (Wildman–Crippen MR) is 147 cm³/mol. The topological polar surface area (TPSA) is 82.4 Å². The van der Waals surface area contributed by atoms with Crippen LogP contribution in [0.2, 0.25) is 10.0 Å². The number of rotatable bonds is 6. The van der Waals surface area contributed by atoms with Crippen LogP contribution in [-0.4, -0.2) is 53.1 Å². The third kappa shape index (κ3) is 5.87. The lowest BCUT2D eigenvalue weighted by atomic mass is 9.86. The molecule has 4 heterocycles. The third-order valence-electron chi connectivity index (χ3n) is 7.60. The number of anilines is 1. The number of pyridine rings is 2. The third-order valence-corrected chi connectivity index (χ3v) is 8.08. The van der Waals surface area contributed by atoms with Crippen LogP contribution in [0.15, 0.2) is 60.8 Å². The number of piperidine rings is 1. The number of ether oxygens (including phenoxy) is 1. The fourth-order valence-electron chi connectivity index (χ4n) is 5.53. The first-order valence-corrected chi connectivity index (χ1v) is 13.6. The van der Waals surface area contributed by atoms with Crippen molar-refractivity contribution >= 4 is 34.9 Å². The minimum Gasteiger partial charge on any atom is -0.474 e. The second kappa shape index (κ2) is 11.6. The van der Waals surface area contributed by atoms with E-state index in [2.05, 4.69) is 20.9 Å². The lowest BCUT2D eigenvalue weighted by Crippen LogP contribution is -2.42. The number of nitrogens with zero attached hydrogens (tertiary/aromatic N) is 5. The smallest absolute Gasteiger partial charge is 0.225 e. The Morgan fingerprint density at radius 3 is 2.47 bits per heavy atom. The van der Waals surface area contributed by atoms with E-state index in [9.17, 15) is 4.79 Å². The summed E-state index contributed by atoms with van der Waals surface area (Å²) in [7, 11) is 0. The van der Waals surface area contributed by atoms with E-state index in [0.717, 1.165) is 37.3 Å². The van der Waals surface area contributed by atoms with Gasteiger partial charge in [0, 0.05) is 61.2 Å². The molecule has 2 aliphatic heterocycles. The van der Waals surface area contributed by atoms with Crippen LogP contribution in [0.25, 0.3) is 0 Å². The molecule has 196 valence electrons. The number of nitriles is 1. The molecule has 0 saturated carbocycles. The fraction of sp³-hybridized carbons (Fsp3) is 0.379. The van der Waals surface area contributed by atoms with Crippen molar-refractivity contribution in [2.24, 2.45) is 11.8 Å². The number of aromatic nitrogens is 2. The maximum absolute atomic E-state index is 13.7. The lowest BCUT2D eigenvalue weighted by molar-refractivity contribution is -0.135. The summed E-state index contributed by atoms with van der Waals surface area (Å²) in [6.07, 6.45) is 2.92. The van der Waals surface area contributed by atoms with E-state index < -0.39 is 0 Å². The Labute approximate surface area is 233 Å². The van der Waals surface area contributed by atoms with Gasteiger partial charge in [-0.15, -0.1) is 0 Å². The van der Waals surface area contributed by atoms with E-state index in [-0.39, 0.29) is 29.8 Å². The van der Waals surface area contributed by atoms with Gasteiger partial charge in [0.05, 0.1) is 5.02 Å². The normalized spacial score (nSPS) is 20.7. The van der Waals surface area contributed by atoms with Gasteiger partial charge in [-0.25, -0.2) is 9.97 Å². The van der Waals surface area contributed by atoms with Gasteiger partial charge in [-0.2, -0.15) is 5.26 Å². The Morgan fingerprint density at radius 1 is 1.05 bits per heavy atom. The Morgan fingerprint density at radius 2 is 1.79 bits per heavy atom. The molecule has 7 nitrogen and oxygen atoms in total. The Balaban J connectivity index is 1.28. The number of likely N-dealkylation sites (tertiary alicyclic amines) is 1. The molecule has 2 saturated heterocycles. The molecular weight excluding hydrogens is 521 g/mol. The summed E-state index contributed by atoms with van der Waals surface area (Å²) in [6, 6.07) is 19.0. The quantitative estimate of drug-likeness (QED) is 0.399. The van der Waals surface area contributed by atoms with E-state index >= 15 is 0 Å². The van der Waals surface area contributed by atoms with Crippen LogP contribution in [0.4, 0.5) is 5.82 Å². The summed E-state index contributed by atoms with van der Waals surface area (Å²) in [5.74, 6) is 1.68. The highest BCUT2D eigenvalue weighted by atomic mass is 35.5. The largest absolute Gasteiger partial charge is 0.474 e. The zero-order chi connectivity index (χ0) is 26.6. The standard InChI is InChI=1S/C29H29Cl2N5O2/c1-19(38-28-10-9-23(31)16-33-28)25-17-36(18-26(25)20-5-7-22(30)8-6-20)29(37)21-11-13-35(14-12-21)27-4-2-3-24(15-32)34-27/h2-10,16,19,21,25-26H,11-14,17-18H2,1H3/t19-,25+,26+/m0/s1. The Kier molecular flexibility index (Phi) is 8.01. The molecule has 0 aliphatic carbocycles. The van der Waals surface area contributed by atoms with Gasteiger partial charge in [-0.3, -0.25) is 4.79 Å². The molecule has 3 atom stereocenters. The fourth-order valence-corrected chi connectivity index (χ4v) is 5.77. The molecule has 2 aromatic heterocycles. The first kappa shape index (κ1) is 26.3. The summed E-state index contributed by atoms with van der Waals surface area (Å²) in [4.78, 5) is 26.6. The van der Waals surface area contributed by atoms with Gasteiger partial charge in [0.15, 0.2) is 0 Å². The highest BCUT2D eigenvalue weighted by molar-refractivity contribution is 6.30. The maximum Gasteiger partial charge on any atom is 0.225 e. The van der Waals surface area contributed by atoms with Gasteiger partial charge in [0.1, 0.15) is 23.7 Å². The van der Waals surface area contributed by atoms with Crippen LogP contribution in [0.5, 0.6) is 5.88 Å². The van der Waals surface area contributed by atoms with Gasteiger partial charge >= 0.3 is 0 Å². The summed E-state index contributed by atoms with van der Waals surface area (Å²) < 4.78 is 6.21. The molecule has 1 aromatic carbocycles. The summed E-state index contributed by atoms with van der Waals surface area (Å²) in [5, 5.41) is 10.4. The summed E-state index contributed by atoms with van der Waals surface area (Å²) in [6.45, 7) is 4.76. The van der Waals surface area contributed by atoms with E-state index in [1.165, 1.54) is 0 Å². The monoisotopic (exact) mass is 549 g/mol. The number of hydrogen-bond acceptors (Lipinski definition) is 6. The van der Waals surface area contributed by atoms with Crippen molar-refractivity contribution in [3.63, 3.8) is 0 Å². The van der Waals surface area contributed by atoms with Crippen molar-refractivity contribution in [2.45, 2.75) is 31.8 Å². The second-order valence-corrected chi connectivity index (χ2v) is 10.8. The number of halogens is 2. The molecule has 0 N–H and O–H groups in total. The van der Waals surface area contributed by atoms with E-state index in [0.29, 0.717) is 34.7 Å². The molecule has 9 heteroatoms. The van der Waals surface area contributed by atoms with Crippen LogP contribution in [0.1, 0.15) is 36.9 Å². The van der Waals surface area contributed by atoms with Crippen molar-refractivity contribution < 1.29 is 9.53 Å². The van der Waals surface area contributed by atoms with Gasteiger partial charge in [0.2, 0.25) is 11.8 Å². The van der Waals surface area contributed by atoms with Crippen molar-refractivity contribution in [1.29, 1.82) is 5.26 Å². The van der Waals surface area contributed by atoms with Crippen molar-refractivity contribution in [2.75, 3.05) is 31.1 Å². The average molecular weight is 550 g/mol. The van der Waals surface area contributed by atoms with Gasteiger partial charge in [0.25, 0.3) is 0 Å². The second-order valence-electron chi connectivity index (χ2n) is 9.96. The molecule has 38 heavy (non-hydrogen) atoms. The average Bonchev–Trinajstić information content (AvgIpc) is 3.40. The molecule has 5 rings (SSSR count). The number of carbonyl (C=O) groups is 1. The van der Waals surface area contributed by atoms with Crippen molar-refractivity contribution in [3.8, 4) is 11.9 Å². The predicted octanol–water partition coefficient (Wildman–Crippen LogP) is 5.58. The first-order valence-electron chi connectivity index (χ1n) is 12.9. The van der Waals surface area contributed by atoms with Crippen LogP contribution in [-0.2, 0) is 4.79 Å². The molecule has 3 aromatic rings. The van der Waals surface area contributed by atoms with Gasteiger partial charge in [-0.1, -0.05) is 41.4 Å².